The quantitative estimate of drug-likeness (QED) is 0.681. The summed E-state index contributed by atoms with van der Waals surface area (Å²) in [5.41, 5.74) is 0.175. The molecule has 0 bridgehead atoms. The first kappa shape index (κ1) is 9.92. The Morgan fingerprint density at radius 2 is 2.20 bits per heavy atom. The molecule has 80 valence electrons. The van der Waals surface area contributed by atoms with Crippen LogP contribution in [-0.4, -0.2) is 33.3 Å². The van der Waals surface area contributed by atoms with Crippen molar-refractivity contribution in [2.24, 2.45) is 0 Å². The summed E-state index contributed by atoms with van der Waals surface area (Å²) in [5, 5.41) is 20.8. The summed E-state index contributed by atoms with van der Waals surface area (Å²) in [4.78, 5) is 14.5. The average Bonchev–Trinajstić information content (AvgIpc) is 2.16. The Labute approximate surface area is 86.8 Å². The minimum atomic E-state index is -0.979. The van der Waals surface area contributed by atoms with E-state index >= 15 is 0 Å². The topological polar surface area (TPSA) is 82.5 Å². The van der Waals surface area contributed by atoms with Crippen molar-refractivity contribution < 1.29 is 15.0 Å². The summed E-state index contributed by atoms with van der Waals surface area (Å²) in [7, 11) is 0. The summed E-state index contributed by atoms with van der Waals surface area (Å²) in [6, 6.07) is 3.39. The van der Waals surface area contributed by atoms with Crippen molar-refractivity contribution in [1.29, 1.82) is 0 Å². The Morgan fingerprint density at radius 1 is 1.47 bits per heavy atom. The lowest BCUT2D eigenvalue weighted by Crippen LogP contribution is -2.39. The number of nitrogens with zero attached hydrogens (tertiary/aromatic N) is 1. The third-order valence-corrected chi connectivity index (χ3v) is 2.48. The number of hydrogen-bond acceptors (Lipinski definition) is 4. The minimum absolute atomic E-state index is 0.175. The molecule has 1 aromatic rings. The lowest BCUT2D eigenvalue weighted by Gasteiger charge is -2.32. The predicted octanol–water partition coefficient (Wildman–Crippen LogP) is 0.715. The number of rotatable bonds is 3. The number of pyridine rings is 1. The first-order valence-corrected chi connectivity index (χ1v) is 4.79. The molecule has 0 spiro atoms. The molecule has 0 unspecified atom stereocenters. The molecule has 15 heavy (non-hydrogen) atoms. The van der Waals surface area contributed by atoms with E-state index in [1.807, 2.05) is 0 Å². The molecule has 0 saturated heterocycles. The molecule has 1 saturated carbocycles. The summed E-state index contributed by atoms with van der Waals surface area (Å²) in [6.07, 6.45) is 2.56. The number of aliphatic hydroxyl groups excluding tert-OH is 1. The molecular formula is C10H12N2O3. The van der Waals surface area contributed by atoms with Crippen LogP contribution in [0.3, 0.4) is 0 Å². The number of hydrogen-bond donors (Lipinski definition) is 3. The van der Waals surface area contributed by atoms with Gasteiger partial charge in [-0.05, 0) is 25.0 Å². The summed E-state index contributed by atoms with van der Waals surface area (Å²) >= 11 is 0. The number of anilines is 1. The largest absolute Gasteiger partial charge is 0.478 e. The fraction of sp³-hybridized carbons (Fsp3) is 0.400. The molecule has 1 heterocycles. The van der Waals surface area contributed by atoms with E-state index in [1.54, 1.807) is 6.07 Å². The van der Waals surface area contributed by atoms with Crippen LogP contribution in [0.2, 0.25) is 0 Å². The Kier molecular flexibility index (Phi) is 2.55. The van der Waals surface area contributed by atoms with Crippen LogP contribution in [0.4, 0.5) is 5.82 Å². The van der Waals surface area contributed by atoms with E-state index in [0.29, 0.717) is 5.82 Å². The van der Waals surface area contributed by atoms with E-state index in [1.165, 1.54) is 12.3 Å². The van der Waals surface area contributed by atoms with E-state index in [4.69, 9.17) is 10.2 Å². The third-order valence-electron chi connectivity index (χ3n) is 2.48. The van der Waals surface area contributed by atoms with E-state index < -0.39 is 5.97 Å². The Bertz CT molecular complexity index is 357. The van der Waals surface area contributed by atoms with Gasteiger partial charge in [0.1, 0.15) is 5.82 Å². The number of nitrogens with one attached hydrogen (secondary N) is 1. The zero-order valence-electron chi connectivity index (χ0n) is 8.05. The van der Waals surface area contributed by atoms with Crippen LogP contribution in [0, 0.1) is 0 Å². The molecule has 1 aliphatic carbocycles. The normalized spacial score (nSPS) is 24.3. The number of aromatic carboxylic acids is 1. The lowest BCUT2D eigenvalue weighted by atomic mass is 9.89. The van der Waals surface area contributed by atoms with Crippen molar-refractivity contribution in [2.75, 3.05) is 5.32 Å². The van der Waals surface area contributed by atoms with Crippen molar-refractivity contribution in [3.05, 3.63) is 23.9 Å². The average molecular weight is 208 g/mol. The van der Waals surface area contributed by atoms with Crippen molar-refractivity contribution >= 4 is 11.8 Å². The molecule has 2 rings (SSSR count). The maximum Gasteiger partial charge on any atom is 0.337 e. The second-order valence-electron chi connectivity index (χ2n) is 3.70. The van der Waals surface area contributed by atoms with Crippen molar-refractivity contribution in [1.82, 2.24) is 4.98 Å². The van der Waals surface area contributed by atoms with Gasteiger partial charge in [0.15, 0.2) is 0 Å². The molecule has 0 aromatic carbocycles. The van der Waals surface area contributed by atoms with Gasteiger partial charge in [0, 0.05) is 12.2 Å². The second-order valence-corrected chi connectivity index (χ2v) is 3.70. The highest BCUT2D eigenvalue weighted by molar-refractivity contribution is 5.87. The lowest BCUT2D eigenvalue weighted by molar-refractivity contribution is 0.0696. The van der Waals surface area contributed by atoms with Gasteiger partial charge in [-0.3, -0.25) is 0 Å². The van der Waals surface area contributed by atoms with Gasteiger partial charge in [0.25, 0.3) is 0 Å². The van der Waals surface area contributed by atoms with Crippen LogP contribution in [0.1, 0.15) is 23.2 Å². The molecule has 0 radical (unpaired) electrons. The standard InChI is InChI=1S/C10H12N2O3/c13-8-3-7(4-8)12-9-2-1-6(5-11-9)10(14)15/h1-2,5,7-8,13H,3-4H2,(H,11,12)(H,14,15). The highest BCUT2D eigenvalue weighted by atomic mass is 16.4. The van der Waals surface area contributed by atoms with E-state index in [2.05, 4.69) is 10.3 Å². The Balaban J connectivity index is 1.95. The summed E-state index contributed by atoms with van der Waals surface area (Å²) < 4.78 is 0. The number of aromatic nitrogens is 1. The maximum atomic E-state index is 10.6. The van der Waals surface area contributed by atoms with Gasteiger partial charge in [0.05, 0.1) is 11.7 Å². The fourth-order valence-electron chi connectivity index (χ4n) is 1.52. The van der Waals surface area contributed by atoms with Gasteiger partial charge in [-0.15, -0.1) is 0 Å². The third kappa shape index (κ3) is 2.24. The zero-order chi connectivity index (χ0) is 10.8. The molecule has 1 fully saturated rings. The highest BCUT2D eigenvalue weighted by Crippen LogP contribution is 2.22. The van der Waals surface area contributed by atoms with Crippen LogP contribution < -0.4 is 5.32 Å². The number of carbonyl (C=O) groups is 1. The number of carboxylic acid groups (broad SMARTS) is 1. The van der Waals surface area contributed by atoms with Crippen LogP contribution in [0.15, 0.2) is 18.3 Å². The van der Waals surface area contributed by atoms with Crippen LogP contribution >= 0.6 is 0 Å². The molecule has 0 atom stereocenters. The first-order chi connectivity index (χ1) is 7.15. The molecule has 1 aromatic heterocycles. The molecule has 1 aliphatic rings. The second kappa shape index (κ2) is 3.86. The monoisotopic (exact) mass is 208 g/mol. The predicted molar refractivity (Wildman–Crippen MR) is 53.8 cm³/mol. The molecule has 5 heteroatoms. The van der Waals surface area contributed by atoms with Gasteiger partial charge in [-0.25, -0.2) is 9.78 Å². The Hall–Kier alpha value is -1.62. The van der Waals surface area contributed by atoms with Crippen LogP contribution in [0.5, 0.6) is 0 Å². The van der Waals surface area contributed by atoms with Crippen molar-refractivity contribution in [3.63, 3.8) is 0 Å². The number of carboxylic acids is 1. The fourth-order valence-corrected chi connectivity index (χ4v) is 1.52. The minimum Gasteiger partial charge on any atom is -0.478 e. The van der Waals surface area contributed by atoms with Crippen LogP contribution in [-0.2, 0) is 0 Å². The van der Waals surface area contributed by atoms with Crippen LogP contribution in [0.25, 0.3) is 0 Å². The Morgan fingerprint density at radius 3 is 2.67 bits per heavy atom. The van der Waals surface area contributed by atoms with Gasteiger partial charge in [0.2, 0.25) is 0 Å². The molecule has 3 N–H and O–H groups in total. The smallest absolute Gasteiger partial charge is 0.337 e. The maximum absolute atomic E-state index is 10.6. The first-order valence-electron chi connectivity index (χ1n) is 4.79. The van der Waals surface area contributed by atoms with Gasteiger partial charge < -0.3 is 15.5 Å². The molecule has 0 aliphatic heterocycles. The van der Waals surface area contributed by atoms with Gasteiger partial charge >= 0.3 is 5.97 Å². The van der Waals surface area contributed by atoms with Crippen molar-refractivity contribution in [3.8, 4) is 0 Å². The van der Waals surface area contributed by atoms with E-state index in [9.17, 15) is 4.79 Å². The van der Waals surface area contributed by atoms with Crippen molar-refractivity contribution in [2.45, 2.75) is 25.0 Å². The van der Waals surface area contributed by atoms with E-state index in [0.717, 1.165) is 12.8 Å². The molecular weight excluding hydrogens is 196 g/mol. The summed E-state index contributed by atoms with van der Waals surface area (Å²) in [6.45, 7) is 0. The zero-order valence-corrected chi connectivity index (χ0v) is 8.05. The molecule has 0 amide bonds. The molecule has 5 nitrogen and oxygen atoms in total. The SMILES string of the molecule is O=C(O)c1ccc(NC2CC(O)C2)nc1. The van der Waals surface area contributed by atoms with Gasteiger partial charge in [-0.1, -0.05) is 0 Å². The van der Waals surface area contributed by atoms with Gasteiger partial charge in [-0.2, -0.15) is 0 Å². The number of aliphatic hydroxyl groups is 1. The highest BCUT2D eigenvalue weighted by Gasteiger charge is 2.26. The summed E-state index contributed by atoms with van der Waals surface area (Å²) in [5.74, 6) is -0.329. The van der Waals surface area contributed by atoms with E-state index in [-0.39, 0.29) is 17.7 Å².